The molecule has 0 bridgehead atoms. The summed E-state index contributed by atoms with van der Waals surface area (Å²) in [6.07, 6.45) is 54.9. The van der Waals surface area contributed by atoms with Gasteiger partial charge in [-0.15, -0.1) is 0 Å². The van der Waals surface area contributed by atoms with Crippen LogP contribution in [0.15, 0.2) is 60.8 Å². The zero-order chi connectivity index (χ0) is 41.5. The molecule has 0 heterocycles. The summed E-state index contributed by atoms with van der Waals surface area (Å²) in [6.45, 7) is 6.42. The summed E-state index contributed by atoms with van der Waals surface area (Å²) in [5, 5.41) is 0. The van der Waals surface area contributed by atoms with E-state index in [4.69, 9.17) is 14.2 Å². The summed E-state index contributed by atoms with van der Waals surface area (Å²) in [7, 11) is 0. The standard InChI is InChI=1S/C51H88O6/c1-4-7-10-13-16-19-22-24-26-29-32-35-38-41-44-50(53)56-47-48(46-55-49(52)43-40-37-34-31-28-21-18-15-12-9-6-3)57-51(54)45-42-39-36-33-30-27-25-23-20-17-14-11-8-5-2/h7,10,15-16,18-19,21,27-28,30,48H,4-6,8-9,11-14,17,20,22-26,29,31-47H2,1-3H3/b10-7-,18-15-,19-16-,28-21-,30-27-. The Hall–Kier alpha value is -2.89. The van der Waals surface area contributed by atoms with E-state index in [0.717, 1.165) is 103 Å². The molecule has 1 unspecified atom stereocenters. The Morgan fingerprint density at radius 1 is 0.386 bits per heavy atom. The molecule has 0 N–H and O–H groups in total. The number of hydrogen-bond donors (Lipinski definition) is 0. The van der Waals surface area contributed by atoms with Crippen molar-refractivity contribution < 1.29 is 28.6 Å². The molecule has 6 heteroatoms. The van der Waals surface area contributed by atoms with Crippen molar-refractivity contribution in [1.29, 1.82) is 0 Å². The Balaban J connectivity index is 4.44. The molecule has 0 aliphatic rings. The van der Waals surface area contributed by atoms with Gasteiger partial charge in [0.25, 0.3) is 0 Å². The predicted octanol–water partition coefficient (Wildman–Crippen LogP) is 15.3. The van der Waals surface area contributed by atoms with Crippen LogP contribution in [0.2, 0.25) is 0 Å². The molecule has 0 saturated carbocycles. The van der Waals surface area contributed by atoms with Gasteiger partial charge in [0.05, 0.1) is 0 Å². The lowest BCUT2D eigenvalue weighted by Crippen LogP contribution is -2.30. The van der Waals surface area contributed by atoms with Crippen molar-refractivity contribution in [2.75, 3.05) is 13.2 Å². The minimum Gasteiger partial charge on any atom is -0.462 e. The molecule has 0 radical (unpaired) electrons. The molecule has 0 aromatic carbocycles. The molecular formula is C51H88O6. The van der Waals surface area contributed by atoms with Crippen molar-refractivity contribution in [3.63, 3.8) is 0 Å². The second kappa shape index (κ2) is 45.8. The highest BCUT2D eigenvalue weighted by Gasteiger charge is 2.19. The summed E-state index contributed by atoms with van der Waals surface area (Å²) in [5.74, 6) is -0.948. The van der Waals surface area contributed by atoms with Gasteiger partial charge in [-0.3, -0.25) is 14.4 Å². The van der Waals surface area contributed by atoms with Gasteiger partial charge >= 0.3 is 17.9 Å². The van der Waals surface area contributed by atoms with Crippen LogP contribution in [0.5, 0.6) is 0 Å². The van der Waals surface area contributed by atoms with Crippen LogP contribution in [0.4, 0.5) is 0 Å². The smallest absolute Gasteiger partial charge is 0.306 e. The molecule has 0 aliphatic carbocycles. The Labute approximate surface area is 351 Å². The number of hydrogen-bond acceptors (Lipinski definition) is 6. The fourth-order valence-electron chi connectivity index (χ4n) is 6.39. The molecular weight excluding hydrogens is 709 g/mol. The van der Waals surface area contributed by atoms with E-state index in [0.29, 0.717) is 19.3 Å². The second-order valence-electron chi connectivity index (χ2n) is 15.7. The minimum absolute atomic E-state index is 0.0933. The van der Waals surface area contributed by atoms with E-state index in [9.17, 15) is 14.4 Å². The zero-order valence-corrected chi connectivity index (χ0v) is 37.3. The van der Waals surface area contributed by atoms with Crippen LogP contribution >= 0.6 is 0 Å². The molecule has 6 nitrogen and oxygen atoms in total. The zero-order valence-electron chi connectivity index (χ0n) is 37.3. The number of allylic oxidation sites excluding steroid dienone is 10. The first-order valence-electron chi connectivity index (χ1n) is 23.8. The number of carbonyl (C=O) groups excluding carboxylic acids is 3. The van der Waals surface area contributed by atoms with Gasteiger partial charge in [-0.1, -0.05) is 178 Å². The van der Waals surface area contributed by atoms with Crippen molar-refractivity contribution in [1.82, 2.24) is 0 Å². The first kappa shape index (κ1) is 54.1. The maximum atomic E-state index is 12.7. The Bertz CT molecular complexity index is 1050. The van der Waals surface area contributed by atoms with Crippen molar-refractivity contribution in [3.05, 3.63) is 60.8 Å². The molecule has 1 atom stereocenters. The first-order valence-corrected chi connectivity index (χ1v) is 23.8. The number of unbranched alkanes of at least 4 members (excludes halogenated alkanes) is 22. The van der Waals surface area contributed by atoms with Crippen molar-refractivity contribution in [2.45, 2.75) is 232 Å². The topological polar surface area (TPSA) is 78.9 Å². The minimum atomic E-state index is -0.793. The first-order chi connectivity index (χ1) is 28.0. The molecule has 57 heavy (non-hydrogen) atoms. The maximum Gasteiger partial charge on any atom is 0.306 e. The lowest BCUT2D eigenvalue weighted by molar-refractivity contribution is -0.167. The summed E-state index contributed by atoms with van der Waals surface area (Å²) < 4.78 is 16.7. The lowest BCUT2D eigenvalue weighted by Gasteiger charge is -2.18. The molecule has 0 spiro atoms. The predicted molar refractivity (Wildman–Crippen MR) is 242 cm³/mol. The number of ether oxygens (including phenoxy) is 3. The third kappa shape index (κ3) is 44.1. The highest BCUT2D eigenvalue weighted by molar-refractivity contribution is 5.71. The van der Waals surface area contributed by atoms with Crippen LogP contribution in [0.1, 0.15) is 226 Å². The summed E-state index contributed by atoms with van der Waals surface area (Å²) in [6, 6.07) is 0. The Morgan fingerprint density at radius 3 is 1.25 bits per heavy atom. The monoisotopic (exact) mass is 797 g/mol. The average molecular weight is 797 g/mol. The fourth-order valence-corrected chi connectivity index (χ4v) is 6.39. The van der Waals surface area contributed by atoms with Gasteiger partial charge in [0, 0.05) is 19.3 Å². The number of esters is 3. The average Bonchev–Trinajstić information content (AvgIpc) is 3.21. The van der Waals surface area contributed by atoms with Crippen molar-refractivity contribution in [2.24, 2.45) is 0 Å². The number of carbonyl (C=O) groups is 3. The largest absolute Gasteiger partial charge is 0.462 e. The van der Waals surface area contributed by atoms with Gasteiger partial charge in [0.2, 0.25) is 0 Å². The van der Waals surface area contributed by atoms with Gasteiger partial charge in [-0.25, -0.2) is 0 Å². The van der Waals surface area contributed by atoms with E-state index >= 15 is 0 Å². The lowest BCUT2D eigenvalue weighted by atomic mass is 10.1. The van der Waals surface area contributed by atoms with Crippen LogP contribution in [0, 0.1) is 0 Å². The number of rotatable bonds is 42. The summed E-state index contributed by atoms with van der Waals surface area (Å²) >= 11 is 0. The van der Waals surface area contributed by atoms with Crippen LogP contribution < -0.4 is 0 Å². The highest BCUT2D eigenvalue weighted by atomic mass is 16.6. The molecule has 0 rings (SSSR count). The van der Waals surface area contributed by atoms with E-state index in [2.05, 4.69) is 81.5 Å². The van der Waals surface area contributed by atoms with E-state index in [1.165, 1.54) is 83.5 Å². The normalized spacial score (nSPS) is 12.5. The third-order valence-corrected chi connectivity index (χ3v) is 10.0. The van der Waals surface area contributed by atoms with Gasteiger partial charge < -0.3 is 14.2 Å². The SMILES string of the molecule is CC/C=C\C/C=C\CCCCCCCCCC(=O)OCC(COC(=O)CCCCC/C=C\C=C/CCCC)OC(=O)CCCCC/C=C\CCCCCCCCC. The maximum absolute atomic E-state index is 12.7. The van der Waals surface area contributed by atoms with Crippen LogP contribution in [0.25, 0.3) is 0 Å². The molecule has 0 aromatic heterocycles. The fraction of sp³-hybridized carbons (Fsp3) is 0.745. The molecule has 0 saturated heterocycles. The highest BCUT2D eigenvalue weighted by Crippen LogP contribution is 2.13. The van der Waals surface area contributed by atoms with Crippen molar-refractivity contribution in [3.8, 4) is 0 Å². The van der Waals surface area contributed by atoms with Crippen LogP contribution in [-0.4, -0.2) is 37.2 Å². The second-order valence-corrected chi connectivity index (χ2v) is 15.7. The Morgan fingerprint density at radius 2 is 0.754 bits per heavy atom. The molecule has 0 amide bonds. The quantitative estimate of drug-likeness (QED) is 0.0201. The summed E-state index contributed by atoms with van der Waals surface area (Å²) in [5.41, 5.74) is 0. The molecule has 0 aliphatic heterocycles. The Kier molecular flexibility index (Phi) is 43.5. The van der Waals surface area contributed by atoms with E-state index in [1.807, 2.05) is 0 Å². The van der Waals surface area contributed by atoms with Gasteiger partial charge in [0.1, 0.15) is 13.2 Å². The van der Waals surface area contributed by atoms with E-state index < -0.39 is 6.10 Å². The van der Waals surface area contributed by atoms with Crippen LogP contribution in [0.3, 0.4) is 0 Å². The van der Waals surface area contributed by atoms with Crippen molar-refractivity contribution >= 4 is 17.9 Å². The van der Waals surface area contributed by atoms with Crippen LogP contribution in [-0.2, 0) is 28.6 Å². The van der Waals surface area contributed by atoms with Gasteiger partial charge in [-0.2, -0.15) is 0 Å². The van der Waals surface area contributed by atoms with E-state index in [1.54, 1.807) is 0 Å². The summed E-state index contributed by atoms with van der Waals surface area (Å²) in [4.78, 5) is 37.8. The molecule has 0 fully saturated rings. The third-order valence-electron chi connectivity index (χ3n) is 10.0. The molecule has 328 valence electrons. The molecule has 0 aromatic rings. The van der Waals surface area contributed by atoms with Gasteiger partial charge in [-0.05, 0) is 89.9 Å². The van der Waals surface area contributed by atoms with Gasteiger partial charge in [0.15, 0.2) is 6.10 Å². The van der Waals surface area contributed by atoms with E-state index in [-0.39, 0.29) is 31.1 Å².